The van der Waals surface area contributed by atoms with Crippen LogP contribution in [0.4, 0.5) is 0 Å². The second-order valence-electron chi connectivity index (χ2n) is 5.76. The van der Waals surface area contributed by atoms with Crippen molar-refractivity contribution >= 4 is 6.41 Å². The summed E-state index contributed by atoms with van der Waals surface area (Å²) in [5.41, 5.74) is 2.58. The van der Waals surface area contributed by atoms with Gasteiger partial charge in [0.15, 0.2) is 0 Å². The van der Waals surface area contributed by atoms with Crippen LogP contribution < -0.4 is 5.32 Å². The van der Waals surface area contributed by atoms with E-state index in [4.69, 9.17) is 0 Å². The molecule has 0 spiro atoms. The number of nitrogens with one attached hydrogen (secondary N) is 1. The van der Waals surface area contributed by atoms with Crippen molar-refractivity contribution in [2.75, 3.05) is 19.6 Å². The molecule has 1 N–H and O–H groups in total. The van der Waals surface area contributed by atoms with Gasteiger partial charge in [0.25, 0.3) is 0 Å². The summed E-state index contributed by atoms with van der Waals surface area (Å²) in [5, 5.41) is 3.41. The predicted octanol–water partition coefficient (Wildman–Crippen LogP) is 2.35. The summed E-state index contributed by atoms with van der Waals surface area (Å²) >= 11 is 0. The fourth-order valence-corrected chi connectivity index (χ4v) is 3.24. The van der Waals surface area contributed by atoms with Crippen LogP contribution in [0.5, 0.6) is 0 Å². The van der Waals surface area contributed by atoms with Crippen molar-refractivity contribution in [1.29, 1.82) is 0 Å². The average Bonchev–Trinajstić information content (AvgIpc) is 2.61. The molecule has 1 aliphatic heterocycles. The molecule has 1 saturated heterocycles. The highest BCUT2D eigenvalue weighted by molar-refractivity contribution is 5.50. The second kappa shape index (κ2) is 7.23. The first kappa shape index (κ1) is 14.8. The van der Waals surface area contributed by atoms with E-state index >= 15 is 0 Å². The smallest absolute Gasteiger partial charge is 0.312 e. The van der Waals surface area contributed by atoms with E-state index in [9.17, 15) is 4.79 Å². The Morgan fingerprint density at radius 1 is 1.09 bits per heavy atom. The average molecular weight is 293 g/mol. The summed E-state index contributed by atoms with van der Waals surface area (Å²) in [4.78, 5) is 13.2. The molecule has 3 rings (SSSR count). The Morgan fingerprint density at radius 3 is 2.45 bits per heavy atom. The monoisotopic (exact) mass is 293 g/mol. The van der Waals surface area contributed by atoms with Crippen LogP contribution in [0.25, 0.3) is 0 Å². The minimum atomic E-state index is 0.147. The molecule has 2 unspecified atom stereocenters. The quantitative estimate of drug-likeness (QED) is 0.918. The van der Waals surface area contributed by atoms with Crippen molar-refractivity contribution < 1.29 is 4.79 Å². The number of nitrogens with zero attached hydrogens (tertiary/aromatic N) is 1. The van der Waals surface area contributed by atoms with Gasteiger partial charge in [-0.05, 0) is 17.5 Å². The van der Waals surface area contributed by atoms with Gasteiger partial charge in [-0.2, -0.15) is 0 Å². The third kappa shape index (κ3) is 3.37. The normalized spacial score (nSPS) is 19.6. The summed E-state index contributed by atoms with van der Waals surface area (Å²) < 4.78 is 0. The fourth-order valence-electron chi connectivity index (χ4n) is 3.24. The maximum Gasteiger partial charge on any atom is 0.312 e. The van der Waals surface area contributed by atoms with Crippen LogP contribution in [0.1, 0.15) is 17.0 Å². The molecular weight excluding hydrogens is 272 g/mol. The molecule has 0 saturated carbocycles. The summed E-state index contributed by atoms with van der Waals surface area (Å²) in [6.45, 7) is 2.40. The first-order valence-electron chi connectivity index (χ1n) is 7.82. The lowest BCUT2D eigenvalue weighted by atomic mass is 9.84. The van der Waals surface area contributed by atoms with Gasteiger partial charge < -0.3 is 10.2 Å². The molecule has 0 bridgehead atoms. The van der Waals surface area contributed by atoms with Gasteiger partial charge >= 0.3 is 6.41 Å². The molecule has 22 heavy (non-hydrogen) atoms. The van der Waals surface area contributed by atoms with Crippen molar-refractivity contribution in [2.24, 2.45) is 0 Å². The lowest BCUT2D eigenvalue weighted by Gasteiger charge is -2.38. The molecule has 2 atom stereocenters. The molecular formula is C19H21N2O. The molecule has 2 aromatic carbocycles. The van der Waals surface area contributed by atoms with E-state index in [0.717, 1.165) is 26.1 Å². The Balaban J connectivity index is 1.90. The van der Waals surface area contributed by atoms with Crippen LogP contribution >= 0.6 is 0 Å². The van der Waals surface area contributed by atoms with E-state index < -0.39 is 0 Å². The van der Waals surface area contributed by atoms with E-state index in [2.05, 4.69) is 60.3 Å². The van der Waals surface area contributed by atoms with Gasteiger partial charge in [-0.25, -0.2) is 0 Å². The third-order valence-electron chi connectivity index (χ3n) is 4.39. The Kier molecular flexibility index (Phi) is 4.86. The molecule has 1 amide bonds. The molecule has 113 valence electrons. The van der Waals surface area contributed by atoms with Crippen LogP contribution in [0, 0.1) is 0 Å². The lowest BCUT2D eigenvalue weighted by Crippen LogP contribution is -2.53. The topological polar surface area (TPSA) is 32.3 Å². The summed E-state index contributed by atoms with van der Waals surface area (Å²) in [6.07, 6.45) is 3.06. The Labute approximate surface area is 132 Å². The first-order valence-corrected chi connectivity index (χ1v) is 7.82. The molecule has 1 aliphatic rings. The highest BCUT2D eigenvalue weighted by atomic mass is 16.1. The zero-order chi connectivity index (χ0) is 15.2. The highest BCUT2D eigenvalue weighted by Crippen LogP contribution is 2.28. The largest absolute Gasteiger partial charge is 0.328 e. The number of rotatable bonds is 5. The van der Waals surface area contributed by atoms with Crippen molar-refractivity contribution in [3.8, 4) is 0 Å². The van der Waals surface area contributed by atoms with Gasteiger partial charge in [0.1, 0.15) is 0 Å². The molecule has 3 nitrogen and oxygen atoms in total. The highest BCUT2D eigenvalue weighted by Gasteiger charge is 2.30. The van der Waals surface area contributed by atoms with Gasteiger partial charge in [0.2, 0.25) is 0 Å². The van der Waals surface area contributed by atoms with Gasteiger partial charge in [0, 0.05) is 25.6 Å². The van der Waals surface area contributed by atoms with Crippen LogP contribution in [-0.4, -0.2) is 37.0 Å². The number of piperazine rings is 1. The predicted molar refractivity (Wildman–Crippen MR) is 88.4 cm³/mol. The molecule has 1 radical (unpaired) electrons. The van der Waals surface area contributed by atoms with E-state index in [1.54, 1.807) is 0 Å². The van der Waals surface area contributed by atoms with Gasteiger partial charge in [-0.3, -0.25) is 4.79 Å². The molecule has 0 aromatic heterocycles. The number of benzene rings is 2. The summed E-state index contributed by atoms with van der Waals surface area (Å²) in [6, 6.07) is 21.1. The fraction of sp³-hybridized carbons (Fsp3) is 0.316. The van der Waals surface area contributed by atoms with E-state index in [-0.39, 0.29) is 12.0 Å². The molecule has 0 aliphatic carbocycles. The third-order valence-corrected chi connectivity index (χ3v) is 4.39. The molecule has 2 aromatic rings. The SMILES string of the molecule is O=[C]N1CCNCC1C(Cc1ccccc1)c1ccccc1. The lowest BCUT2D eigenvalue weighted by molar-refractivity contribution is 0.214. The van der Waals surface area contributed by atoms with Crippen LogP contribution in [-0.2, 0) is 11.2 Å². The van der Waals surface area contributed by atoms with E-state index in [1.165, 1.54) is 11.1 Å². The maximum absolute atomic E-state index is 11.3. The minimum absolute atomic E-state index is 0.147. The van der Waals surface area contributed by atoms with Gasteiger partial charge in [-0.15, -0.1) is 0 Å². The summed E-state index contributed by atoms with van der Waals surface area (Å²) in [7, 11) is 0. The first-order chi connectivity index (χ1) is 10.9. The van der Waals surface area contributed by atoms with Crippen molar-refractivity contribution in [3.05, 3.63) is 71.8 Å². The van der Waals surface area contributed by atoms with E-state index in [1.807, 2.05) is 17.0 Å². The van der Waals surface area contributed by atoms with Crippen molar-refractivity contribution in [2.45, 2.75) is 18.4 Å². The molecule has 1 heterocycles. The van der Waals surface area contributed by atoms with Crippen molar-refractivity contribution in [1.82, 2.24) is 10.2 Å². The number of carbonyl (C=O) groups excluding carboxylic acids is 1. The van der Waals surface area contributed by atoms with Crippen LogP contribution in [0.15, 0.2) is 60.7 Å². The van der Waals surface area contributed by atoms with Gasteiger partial charge in [0.05, 0.1) is 6.04 Å². The zero-order valence-corrected chi connectivity index (χ0v) is 12.6. The zero-order valence-electron chi connectivity index (χ0n) is 12.6. The van der Waals surface area contributed by atoms with Crippen molar-refractivity contribution in [3.63, 3.8) is 0 Å². The Morgan fingerprint density at radius 2 is 1.77 bits per heavy atom. The van der Waals surface area contributed by atoms with Gasteiger partial charge in [-0.1, -0.05) is 60.7 Å². The van der Waals surface area contributed by atoms with Crippen LogP contribution in [0.3, 0.4) is 0 Å². The Hall–Kier alpha value is -2.13. The standard InChI is InChI=1S/C19H21N2O/c22-15-21-12-11-20-14-19(21)18(17-9-5-2-6-10-17)13-16-7-3-1-4-8-16/h1-10,18-20H,11-14H2. The Bertz CT molecular complexity index is 585. The van der Waals surface area contributed by atoms with E-state index in [0.29, 0.717) is 0 Å². The number of hydrogen-bond acceptors (Lipinski definition) is 2. The number of amides is 1. The maximum atomic E-state index is 11.3. The number of hydrogen-bond donors (Lipinski definition) is 1. The molecule has 1 fully saturated rings. The molecule has 3 heteroatoms. The summed E-state index contributed by atoms with van der Waals surface area (Å²) in [5.74, 6) is 0.276. The minimum Gasteiger partial charge on any atom is -0.328 e. The van der Waals surface area contributed by atoms with Crippen LogP contribution in [0.2, 0.25) is 0 Å². The second-order valence-corrected chi connectivity index (χ2v) is 5.76.